The fourth-order valence-electron chi connectivity index (χ4n) is 0.825. The molecular formula is C7H6F3NO. The number of Topliss-reactive ketones (excluding diaryl/α,β-unsaturated/α-hetero) is 1. The van der Waals surface area contributed by atoms with Gasteiger partial charge in [0.1, 0.15) is 0 Å². The lowest BCUT2D eigenvalue weighted by Gasteiger charge is -2.12. The maximum absolute atomic E-state index is 12.0. The van der Waals surface area contributed by atoms with Crippen LogP contribution in [0.5, 0.6) is 0 Å². The van der Waals surface area contributed by atoms with Gasteiger partial charge in [-0.1, -0.05) is 6.08 Å². The average Bonchev–Trinajstić information content (AvgIpc) is 1.92. The molecule has 0 radical (unpaired) electrons. The standard InChI is InChI=1S/C7H6F3NO/c8-7(9,10)4-1-2-6(12)5(11)3-4/h1,3H,2,11H2. The van der Waals surface area contributed by atoms with Crippen LogP contribution in [0.4, 0.5) is 13.2 Å². The van der Waals surface area contributed by atoms with Crippen LogP contribution in [0.15, 0.2) is 23.4 Å². The van der Waals surface area contributed by atoms with Gasteiger partial charge in [-0.15, -0.1) is 0 Å². The summed E-state index contributed by atoms with van der Waals surface area (Å²) in [4.78, 5) is 10.7. The van der Waals surface area contributed by atoms with Crippen LogP contribution in [0, 0.1) is 0 Å². The summed E-state index contributed by atoms with van der Waals surface area (Å²) in [5.41, 5.74) is 3.86. The van der Waals surface area contributed by atoms with Gasteiger partial charge in [0.05, 0.1) is 11.3 Å². The van der Waals surface area contributed by atoms with Crippen molar-refractivity contribution in [2.75, 3.05) is 0 Å². The fourth-order valence-corrected chi connectivity index (χ4v) is 0.825. The molecule has 0 saturated heterocycles. The third-order valence-electron chi connectivity index (χ3n) is 1.47. The summed E-state index contributed by atoms with van der Waals surface area (Å²) >= 11 is 0. The predicted octanol–water partition coefficient (Wildman–Crippen LogP) is 1.29. The van der Waals surface area contributed by atoms with Crippen molar-refractivity contribution < 1.29 is 18.0 Å². The predicted molar refractivity (Wildman–Crippen MR) is 36.0 cm³/mol. The Morgan fingerprint density at radius 3 is 2.42 bits per heavy atom. The lowest BCUT2D eigenvalue weighted by atomic mass is 10.0. The first-order valence-corrected chi connectivity index (χ1v) is 3.19. The molecule has 0 spiro atoms. The van der Waals surface area contributed by atoms with Gasteiger partial charge in [0, 0.05) is 6.42 Å². The van der Waals surface area contributed by atoms with Crippen LogP contribution in [0.1, 0.15) is 6.42 Å². The molecule has 2 nitrogen and oxygen atoms in total. The summed E-state index contributed by atoms with van der Waals surface area (Å²) in [5.74, 6) is -0.469. The van der Waals surface area contributed by atoms with Crippen molar-refractivity contribution >= 4 is 5.78 Å². The number of hydrogen-bond acceptors (Lipinski definition) is 2. The minimum Gasteiger partial charge on any atom is -0.396 e. The molecule has 66 valence electrons. The number of ketones is 1. The number of nitrogens with two attached hydrogens (primary N) is 1. The first-order chi connectivity index (χ1) is 5.41. The molecule has 0 heterocycles. The molecule has 0 amide bonds. The lowest BCUT2D eigenvalue weighted by Crippen LogP contribution is -2.19. The van der Waals surface area contributed by atoms with E-state index < -0.39 is 17.5 Å². The van der Waals surface area contributed by atoms with E-state index in [0.29, 0.717) is 6.08 Å². The zero-order valence-corrected chi connectivity index (χ0v) is 5.98. The molecule has 0 fully saturated rings. The minimum atomic E-state index is -4.41. The van der Waals surface area contributed by atoms with Gasteiger partial charge in [0.2, 0.25) is 0 Å². The zero-order chi connectivity index (χ0) is 9.35. The summed E-state index contributed by atoms with van der Waals surface area (Å²) in [6, 6.07) is 0. The summed E-state index contributed by atoms with van der Waals surface area (Å²) in [6.07, 6.45) is -3.19. The lowest BCUT2D eigenvalue weighted by molar-refractivity contribution is -0.115. The smallest absolute Gasteiger partial charge is 0.396 e. The second-order valence-electron chi connectivity index (χ2n) is 2.38. The van der Waals surface area contributed by atoms with Crippen molar-refractivity contribution in [3.05, 3.63) is 23.4 Å². The topological polar surface area (TPSA) is 43.1 Å². The Bertz CT molecular complexity index is 275. The first kappa shape index (κ1) is 8.83. The third kappa shape index (κ3) is 1.66. The number of hydrogen-bond donors (Lipinski definition) is 1. The Hall–Kier alpha value is -1.26. The Balaban J connectivity index is 2.93. The fraction of sp³-hybridized carbons (Fsp3) is 0.286. The van der Waals surface area contributed by atoms with E-state index in [4.69, 9.17) is 5.73 Å². The number of carbonyl (C=O) groups excluding carboxylic acids is 1. The van der Waals surface area contributed by atoms with E-state index in [9.17, 15) is 18.0 Å². The van der Waals surface area contributed by atoms with Gasteiger partial charge in [0.25, 0.3) is 0 Å². The van der Waals surface area contributed by atoms with Crippen LogP contribution in [-0.2, 0) is 4.79 Å². The van der Waals surface area contributed by atoms with Crippen LogP contribution < -0.4 is 5.73 Å². The Labute approximate surface area is 66.5 Å². The van der Waals surface area contributed by atoms with E-state index in [1.54, 1.807) is 0 Å². The molecule has 1 rings (SSSR count). The largest absolute Gasteiger partial charge is 0.416 e. The average molecular weight is 177 g/mol. The Morgan fingerprint density at radius 1 is 1.42 bits per heavy atom. The highest BCUT2D eigenvalue weighted by Crippen LogP contribution is 2.29. The Kier molecular flexibility index (Phi) is 1.95. The molecule has 0 aromatic rings. The summed E-state index contributed by atoms with van der Waals surface area (Å²) in [5, 5.41) is 0. The van der Waals surface area contributed by atoms with E-state index in [1.165, 1.54) is 0 Å². The van der Waals surface area contributed by atoms with Crippen molar-refractivity contribution in [1.82, 2.24) is 0 Å². The van der Waals surface area contributed by atoms with Crippen LogP contribution in [0.2, 0.25) is 0 Å². The maximum Gasteiger partial charge on any atom is 0.416 e. The molecule has 0 saturated carbocycles. The van der Waals surface area contributed by atoms with Crippen molar-refractivity contribution in [3.8, 4) is 0 Å². The van der Waals surface area contributed by atoms with Gasteiger partial charge in [-0.25, -0.2) is 0 Å². The molecule has 5 heteroatoms. The molecule has 1 aliphatic rings. The third-order valence-corrected chi connectivity index (χ3v) is 1.47. The van der Waals surface area contributed by atoms with Gasteiger partial charge in [-0.2, -0.15) is 13.2 Å². The molecule has 1 aliphatic carbocycles. The zero-order valence-electron chi connectivity index (χ0n) is 5.98. The highest BCUT2D eigenvalue weighted by atomic mass is 19.4. The number of halogens is 3. The maximum atomic E-state index is 12.0. The molecule has 0 bridgehead atoms. The summed E-state index contributed by atoms with van der Waals surface area (Å²) in [7, 11) is 0. The van der Waals surface area contributed by atoms with Crippen LogP contribution in [-0.4, -0.2) is 12.0 Å². The first-order valence-electron chi connectivity index (χ1n) is 3.19. The highest BCUT2D eigenvalue weighted by molar-refractivity contribution is 5.97. The van der Waals surface area contributed by atoms with Crippen molar-refractivity contribution in [2.45, 2.75) is 12.6 Å². The second kappa shape index (κ2) is 2.66. The van der Waals surface area contributed by atoms with Gasteiger partial charge in [-0.3, -0.25) is 4.79 Å². The van der Waals surface area contributed by atoms with Gasteiger partial charge in [0.15, 0.2) is 5.78 Å². The normalized spacial score (nSPS) is 18.8. The molecule has 0 aromatic heterocycles. The van der Waals surface area contributed by atoms with Gasteiger partial charge < -0.3 is 5.73 Å². The van der Waals surface area contributed by atoms with Crippen molar-refractivity contribution in [2.24, 2.45) is 5.73 Å². The van der Waals surface area contributed by atoms with Crippen molar-refractivity contribution in [3.63, 3.8) is 0 Å². The van der Waals surface area contributed by atoms with Gasteiger partial charge >= 0.3 is 6.18 Å². The van der Waals surface area contributed by atoms with Crippen LogP contribution >= 0.6 is 0 Å². The number of rotatable bonds is 0. The van der Waals surface area contributed by atoms with E-state index >= 15 is 0 Å². The molecule has 0 aromatic carbocycles. The minimum absolute atomic E-state index is 0.267. The molecule has 0 atom stereocenters. The highest BCUT2D eigenvalue weighted by Gasteiger charge is 2.34. The number of carbonyl (C=O) groups is 1. The van der Waals surface area contributed by atoms with Gasteiger partial charge in [-0.05, 0) is 6.08 Å². The second-order valence-corrected chi connectivity index (χ2v) is 2.38. The monoisotopic (exact) mass is 177 g/mol. The Morgan fingerprint density at radius 2 is 2.00 bits per heavy atom. The van der Waals surface area contributed by atoms with Crippen molar-refractivity contribution in [1.29, 1.82) is 0 Å². The number of alkyl halides is 3. The molecule has 0 aliphatic heterocycles. The summed E-state index contributed by atoms with van der Waals surface area (Å²) in [6.45, 7) is 0. The van der Waals surface area contributed by atoms with E-state index in [2.05, 4.69) is 0 Å². The van der Waals surface area contributed by atoms with E-state index in [1.807, 2.05) is 0 Å². The summed E-state index contributed by atoms with van der Waals surface area (Å²) < 4.78 is 35.9. The van der Waals surface area contributed by atoms with E-state index in [-0.39, 0.29) is 12.1 Å². The molecule has 2 N–H and O–H groups in total. The SMILES string of the molecule is NC1=CC(C(F)(F)F)=CCC1=O. The molecule has 0 unspecified atom stereocenters. The van der Waals surface area contributed by atoms with Crippen LogP contribution in [0.3, 0.4) is 0 Å². The van der Waals surface area contributed by atoms with Crippen LogP contribution in [0.25, 0.3) is 0 Å². The van der Waals surface area contributed by atoms with E-state index in [0.717, 1.165) is 6.08 Å². The molecular weight excluding hydrogens is 171 g/mol. The molecule has 12 heavy (non-hydrogen) atoms. The quantitative estimate of drug-likeness (QED) is 0.605. The number of allylic oxidation sites excluding steroid dienone is 4.